The highest BCUT2D eigenvalue weighted by atomic mass is 16.5. The molecule has 2 bridgehead atoms. The maximum absolute atomic E-state index is 12.6. The van der Waals surface area contributed by atoms with Crippen molar-refractivity contribution in [2.24, 2.45) is 0 Å². The minimum atomic E-state index is -1.08. The number of ether oxygens (including phenoxy) is 2. The fourth-order valence-electron chi connectivity index (χ4n) is 5.28. The van der Waals surface area contributed by atoms with Crippen molar-refractivity contribution in [3.05, 3.63) is 35.4 Å². The van der Waals surface area contributed by atoms with Crippen LogP contribution in [0.1, 0.15) is 17.5 Å². The first kappa shape index (κ1) is 13.6. The van der Waals surface area contributed by atoms with Gasteiger partial charge >= 0.3 is 0 Å². The molecule has 2 aliphatic heterocycles. The summed E-state index contributed by atoms with van der Waals surface area (Å²) in [6.07, 6.45) is 4.00. The van der Waals surface area contributed by atoms with Crippen LogP contribution in [0, 0.1) is 0 Å². The molecule has 1 aromatic carbocycles. The Morgan fingerprint density at radius 2 is 2.26 bits per heavy atom. The van der Waals surface area contributed by atoms with E-state index >= 15 is 0 Å². The molecule has 5 nitrogen and oxygen atoms in total. The molecule has 0 unspecified atom stereocenters. The Kier molecular flexibility index (Phi) is 2.34. The number of hydrogen-bond acceptors (Lipinski definition) is 5. The first-order valence-corrected chi connectivity index (χ1v) is 8.05. The molecule has 1 spiro atoms. The minimum absolute atomic E-state index is 0.0430. The third-order valence-corrected chi connectivity index (χ3v) is 6.34. The molecule has 4 atom stereocenters. The second-order valence-electron chi connectivity index (χ2n) is 7.11. The molecule has 1 N–H and O–H groups in total. The first-order chi connectivity index (χ1) is 11.0. The molecule has 1 fully saturated rings. The Bertz CT molecular complexity index is 773. The van der Waals surface area contributed by atoms with Gasteiger partial charge in [0.15, 0.2) is 23.4 Å². The molecule has 5 heteroatoms. The molecule has 1 saturated heterocycles. The molecule has 4 aliphatic rings. The molecule has 0 amide bonds. The van der Waals surface area contributed by atoms with Crippen LogP contribution in [0.25, 0.3) is 0 Å². The van der Waals surface area contributed by atoms with Crippen molar-refractivity contribution in [2.45, 2.75) is 36.0 Å². The average molecular weight is 313 g/mol. The summed E-state index contributed by atoms with van der Waals surface area (Å²) in [6.45, 7) is 0.837. The lowest BCUT2D eigenvalue weighted by atomic mass is 9.51. The van der Waals surface area contributed by atoms with E-state index in [2.05, 4.69) is 11.0 Å². The third kappa shape index (κ3) is 1.28. The van der Waals surface area contributed by atoms with Gasteiger partial charge in [-0.2, -0.15) is 0 Å². The van der Waals surface area contributed by atoms with E-state index < -0.39 is 17.1 Å². The molecular formula is C18H19NO4. The summed E-state index contributed by atoms with van der Waals surface area (Å²) in [5, 5.41) is 11.7. The summed E-state index contributed by atoms with van der Waals surface area (Å²) in [4.78, 5) is 14.8. The number of carbonyl (C=O) groups excluding carboxylic acids is 1. The topological polar surface area (TPSA) is 59.0 Å². The SMILES string of the molecule is COc1ccc2c3c1O[C@@H]1C(=O)C=C[C@]4(O)[C@@H](C2)N(C)CC[C@]314. The van der Waals surface area contributed by atoms with Crippen LogP contribution >= 0.6 is 0 Å². The largest absolute Gasteiger partial charge is 0.493 e. The van der Waals surface area contributed by atoms with E-state index in [0.29, 0.717) is 17.9 Å². The van der Waals surface area contributed by atoms with Crippen LogP contribution in [0.5, 0.6) is 11.5 Å². The molecule has 5 rings (SSSR count). The second-order valence-corrected chi connectivity index (χ2v) is 7.11. The minimum Gasteiger partial charge on any atom is -0.493 e. The van der Waals surface area contributed by atoms with Crippen LogP contribution in [0.3, 0.4) is 0 Å². The van der Waals surface area contributed by atoms with Gasteiger partial charge in [-0.3, -0.25) is 9.69 Å². The Morgan fingerprint density at radius 3 is 3.04 bits per heavy atom. The highest BCUT2D eigenvalue weighted by Crippen LogP contribution is 2.63. The average Bonchev–Trinajstić information content (AvgIpc) is 2.90. The van der Waals surface area contributed by atoms with Crippen molar-refractivity contribution < 1.29 is 19.4 Å². The molecule has 120 valence electrons. The number of rotatable bonds is 1. The molecule has 0 radical (unpaired) electrons. The number of methoxy groups -OCH3 is 1. The number of ketones is 1. The number of piperidine rings is 1. The van der Waals surface area contributed by atoms with E-state index in [-0.39, 0.29) is 11.8 Å². The third-order valence-electron chi connectivity index (χ3n) is 6.34. The zero-order chi connectivity index (χ0) is 16.0. The van der Waals surface area contributed by atoms with Gasteiger partial charge in [0, 0.05) is 11.6 Å². The Hall–Kier alpha value is -1.85. The number of hydrogen-bond donors (Lipinski definition) is 1. The number of nitrogens with zero attached hydrogens (tertiary/aromatic N) is 1. The molecule has 1 aromatic rings. The molecule has 0 saturated carbocycles. The molecular weight excluding hydrogens is 294 g/mol. The Labute approximate surface area is 134 Å². The van der Waals surface area contributed by atoms with Crippen molar-refractivity contribution in [3.63, 3.8) is 0 Å². The van der Waals surface area contributed by atoms with E-state index in [1.807, 2.05) is 13.1 Å². The van der Waals surface area contributed by atoms with Crippen molar-refractivity contribution in [3.8, 4) is 11.5 Å². The Morgan fingerprint density at radius 1 is 1.43 bits per heavy atom. The highest BCUT2D eigenvalue weighted by Gasteiger charge is 2.71. The standard InChI is InChI=1S/C18H19NO4/c1-19-8-7-17-14-10-3-4-12(22-2)15(14)23-16(17)11(20)5-6-18(17,21)13(19)9-10/h3-6,13,16,21H,7-9H2,1-2H3/t13-,16-,17+,18+/m1/s1. The smallest absolute Gasteiger partial charge is 0.196 e. The van der Waals surface area contributed by atoms with Gasteiger partial charge in [-0.1, -0.05) is 6.07 Å². The van der Waals surface area contributed by atoms with Crippen LogP contribution in [0.2, 0.25) is 0 Å². The molecule has 0 aromatic heterocycles. The maximum atomic E-state index is 12.6. The van der Waals surface area contributed by atoms with Crippen molar-refractivity contribution in [1.29, 1.82) is 0 Å². The molecule has 23 heavy (non-hydrogen) atoms. The highest BCUT2D eigenvalue weighted by molar-refractivity contribution is 5.99. The van der Waals surface area contributed by atoms with E-state index in [9.17, 15) is 9.90 Å². The predicted molar refractivity (Wildman–Crippen MR) is 82.9 cm³/mol. The second kappa shape index (κ2) is 3.97. The summed E-state index contributed by atoms with van der Waals surface area (Å²) < 4.78 is 11.6. The van der Waals surface area contributed by atoms with E-state index in [1.165, 1.54) is 6.08 Å². The van der Waals surface area contributed by atoms with Gasteiger partial charge in [0.05, 0.1) is 12.5 Å². The van der Waals surface area contributed by atoms with Crippen LogP contribution in [0.15, 0.2) is 24.3 Å². The fourth-order valence-corrected chi connectivity index (χ4v) is 5.28. The first-order valence-electron chi connectivity index (χ1n) is 8.05. The number of carbonyl (C=O) groups is 1. The lowest BCUT2D eigenvalue weighted by molar-refractivity contribution is -0.151. The summed E-state index contributed by atoms with van der Waals surface area (Å²) in [6, 6.07) is 3.92. The van der Waals surface area contributed by atoms with Crippen molar-refractivity contribution in [2.75, 3.05) is 20.7 Å². The Balaban J connectivity index is 1.89. The maximum Gasteiger partial charge on any atom is 0.196 e. The van der Waals surface area contributed by atoms with Gasteiger partial charge in [0.1, 0.15) is 5.60 Å². The zero-order valence-electron chi connectivity index (χ0n) is 13.2. The van der Waals surface area contributed by atoms with Gasteiger partial charge in [0.25, 0.3) is 0 Å². The normalized spacial score (nSPS) is 39.9. The summed E-state index contributed by atoms with van der Waals surface area (Å²) in [5.74, 6) is 1.22. The quantitative estimate of drug-likeness (QED) is 0.832. The van der Waals surface area contributed by atoms with Gasteiger partial charge in [-0.05, 0) is 50.2 Å². The van der Waals surface area contributed by atoms with Crippen LogP contribution in [-0.2, 0) is 16.6 Å². The van der Waals surface area contributed by atoms with E-state index in [4.69, 9.17) is 9.47 Å². The van der Waals surface area contributed by atoms with E-state index in [1.54, 1.807) is 13.2 Å². The monoisotopic (exact) mass is 313 g/mol. The predicted octanol–water partition coefficient (Wildman–Crippen LogP) is 0.824. The number of benzene rings is 1. The summed E-state index contributed by atoms with van der Waals surface area (Å²) >= 11 is 0. The number of likely N-dealkylation sites (tertiary alicyclic amines) is 1. The molecule has 2 aliphatic carbocycles. The molecule has 2 heterocycles. The summed E-state index contributed by atoms with van der Waals surface area (Å²) in [5.41, 5.74) is 0.385. The summed E-state index contributed by atoms with van der Waals surface area (Å²) in [7, 11) is 3.65. The fraction of sp³-hybridized carbons (Fsp3) is 0.500. The lowest BCUT2D eigenvalue weighted by Crippen LogP contribution is -2.74. The van der Waals surface area contributed by atoms with Gasteiger partial charge in [-0.25, -0.2) is 0 Å². The van der Waals surface area contributed by atoms with Crippen LogP contribution in [-0.4, -0.2) is 54.2 Å². The van der Waals surface area contributed by atoms with Gasteiger partial charge in [-0.15, -0.1) is 0 Å². The van der Waals surface area contributed by atoms with Crippen LogP contribution < -0.4 is 9.47 Å². The lowest BCUT2D eigenvalue weighted by Gasteiger charge is -2.60. The van der Waals surface area contributed by atoms with Gasteiger partial charge < -0.3 is 14.6 Å². The van der Waals surface area contributed by atoms with E-state index in [0.717, 1.165) is 24.1 Å². The van der Waals surface area contributed by atoms with Crippen LogP contribution in [0.4, 0.5) is 0 Å². The zero-order valence-corrected chi connectivity index (χ0v) is 13.2. The number of aliphatic hydroxyl groups is 1. The van der Waals surface area contributed by atoms with Crippen molar-refractivity contribution in [1.82, 2.24) is 4.90 Å². The van der Waals surface area contributed by atoms with Crippen molar-refractivity contribution >= 4 is 5.78 Å². The van der Waals surface area contributed by atoms with Gasteiger partial charge in [0.2, 0.25) is 0 Å². The number of likely N-dealkylation sites (N-methyl/N-ethyl adjacent to an activating group) is 1.